The number of aromatic nitrogens is 3. The van der Waals surface area contributed by atoms with Gasteiger partial charge in [0.2, 0.25) is 5.28 Å². The molecule has 2 rings (SSSR count). The summed E-state index contributed by atoms with van der Waals surface area (Å²) in [6.45, 7) is 0. The minimum absolute atomic E-state index is 0.0807. The third-order valence-electron chi connectivity index (χ3n) is 1.33. The van der Waals surface area contributed by atoms with Crippen molar-refractivity contribution < 1.29 is 0 Å². The molecule has 15 heavy (non-hydrogen) atoms. The largest absolute Gasteiger partial charge is 0.229 e. The molecule has 0 spiro atoms. The molecule has 0 radical (unpaired) electrons. The maximum absolute atomic E-state index is 5.81. The van der Waals surface area contributed by atoms with E-state index in [0.717, 1.165) is 0 Å². The second kappa shape index (κ2) is 4.71. The van der Waals surface area contributed by atoms with Crippen LogP contribution >= 0.6 is 55.7 Å². The van der Waals surface area contributed by atoms with Crippen LogP contribution in [0.1, 0.15) is 0 Å². The highest BCUT2D eigenvalue weighted by Crippen LogP contribution is 2.22. The average molecular weight is 300 g/mol. The van der Waals surface area contributed by atoms with Gasteiger partial charge in [0, 0.05) is 10.5 Å². The Morgan fingerprint density at radius 2 is 2.00 bits per heavy atom. The third kappa shape index (κ3) is 2.64. The van der Waals surface area contributed by atoms with Crippen LogP contribution in [0, 0.1) is 0 Å². The maximum atomic E-state index is 5.81. The molecule has 4 nitrogen and oxygen atoms in total. The van der Waals surface area contributed by atoms with Gasteiger partial charge in [0.1, 0.15) is 5.69 Å². The SMILES string of the molecule is Clc1ncc(N=c2ssnc2Cl)c(Cl)n1. The van der Waals surface area contributed by atoms with Crippen LogP contribution < -0.4 is 4.67 Å². The summed E-state index contributed by atoms with van der Waals surface area (Å²) in [4.78, 5) is 11.7. The predicted molar refractivity (Wildman–Crippen MR) is 62.3 cm³/mol. The van der Waals surface area contributed by atoms with Gasteiger partial charge in [0.15, 0.2) is 15.0 Å². The summed E-state index contributed by atoms with van der Waals surface area (Å²) in [5.41, 5.74) is 0.416. The van der Waals surface area contributed by atoms with E-state index in [0.29, 0.717) is 15.5 Å². The smallest absolute Gasteiger partial charge is 0.223 e. The second-order valence-electron chi connectivity index (χ2n) is 2.27. The number of rotatable bonds is 1. The molecule has 0 unspecified atom stereocenters. The minimum atomic E-state index is 0.0807. The molecule has 9 heteroatoms. The van der Waals surface area contributed by atoms with E-state index in [2.05, 4.69) is 19.3 Å². The fourth-order valence-electron chi connectivity index (χ4n) is 0.744. The molecule has 2 aromatic rings. The van der Waals surface area contributed by atoms with E-state index in [9.17, 15) is 0 Å². The standard InChI is InChI=1S/C6HCl3N4S2/c7-3-2(1-10-6(9)12-3)11-5-4(8)13-15-14-5/h1H. The van der Waals surface area contributed by atoms with E-state index in [1.165, 1.54) is 27.1 Å². The lowest BCUT2D eigenvalue weighted by Gasteiger charge is -1.94. The summed E-state index contributed by atoms with van der Waals surface area (Å²) >= 11 is 17.1. The van der Waals surface area contributed by atoms with Gasteiger partial charge in [0.25, 0.3) is 0 Å². The predicted octanol–water partition coefficient (Wildman–Crippen LogP) is 3.19. The molecule has 2 aromatic heterocycles. The van der Waals surface area contributed by atoms with Crippen LogP contribution in [0.3, 0.4) is 0 Å². The first-order chi connectivity index (χ1) is 7.16. The van der Waals surface area contributed by atoms with Crippen molar-refractivity contribution >= 4 is 61.4 Å². The first-order valence-electron chi connectivity index (χ1n) is 3.51. The maximum Gasteiger partial charge on any atom is 0.223 e. The lowest BCUT2D eigenvalue weighted by Crippen LogP contribution is -1.94. The molecule has 0 amide bonds. The van der Waals surface area contributed by atoms with Crippen molar-refractivity contribution in [3.05, 3.63) is 26.5 Å². The molecule has 0 bridgehead atoms. The van der Waals surface area contributed by atoms with Gasteiger partial charge in [-0.2, -0.15) is 4.37 Å². The van der Waals surface area contributed by atoms with Gasteiger partial charge in [-0.15, -0.1) is 0 Å². The molecule has 0 atom stereocenters. The van der Waals surface area contributed by atoms with Crippen LogP contribution in [0.4, 0.5) is 5.69 Å². The molecular weight excluding hydrogens is 299 g/mol. The van der Waals surface area contributed by atoms with Gasteiger partial charge in [-0.1, -0.05) is 23.2 Å². The molecular formula is C6HCl3N4S2. The first-order valence-corrected chi connectivity index (χ1v) is 6.75. The lowest BCUT2D eigenvalue weighted by atomic mass is 10.5. The Balaban J connectivity index is 2.53. The Morgan fingerprint density at radius 1 is 1.20 bits per heavy atom. The van der Waals surface area contributed by atoms with Crippen molar-refractivity contribution in [1.29, 1.82) is 0 Å². The van der Waals surface area contributed by atoms with Crippen LogP contribution in [-0.2, 0) is 0 Å². The molecule has 2 heterocycles. The molecule has 0 saturated carbocycles. The number of halogens is 3. The van der Waals surface area contributed by atoms with E-state index >= 15 is 0 Å². The quantitative estimate of drug-likeness (QED) is 0.461. The Morgan fingerprint density at radius 3 is 2.60 bits per heavy atom. The second-order valence-corrected chi connectivity index (χ2v) is 5.16. The van der Waals surface area contributed by atoms with E-state index < -0.39 is 0 Å². The molecule has 0 aliphatic rings. The molecule has 0 aliphatic carbocycles. The summed E-state index contributed by atoms with van der Waals surface area (Å²) in [6, 6.07) is 0. The molecule has 0 aliphatic heterocycles. The summed E-state index contributed by atoms with van der Waals surface area (Å²) < 4.78 is 4.46. The molecule has 78 valence electrons. The Hall–Kier alpha value is -0.270. The first kappa shape index (κ1) is 11.2. The van der Waals surface area contributed by atoms with Gasteiger partial charge < -0.3 is 0 Å². The molecule has 0 N–H and O–H groups in total. The summed E-state index contributed by atoms with van der Waals surface area (Å²) in [5, 5.41) is 0.609. The number of hydrogen-bond acceptors (Lipinski definition) is 6. The average Bonchev–Trinajstić information content (AvgIpc) is 2.57. The van der Waals surface area contributed by atoms with E-state index in [1.54, 1.807) is 0 Å². The van der Waals surface area contributed by atoms with Crippen molar-refractivity contribution in [2.45, 2.75) is 0 Å². The van der Waals surface area contributed by atoms with Crippen LogP contribution in [0.5, 0.6) is 0 Å². The van der Waals surface area contributed by atoms with Crippen LogP contribution in [0.2, 0.25) is 15.6 Å². The van der Waals surface area contributed by atoms with Crippen molar-refractivity contribution in [1.82, 2.24) is 14.3 Å². The summed E-state index contributed by atoms with van der Waals surface area (Å²) in [7, 11) is 2.59. The Labute approximate surface area is 107 Å². The zero-order valence-electron chi connectivity index (χ0n) is 6.82. The summed E-state index contributed by atoms with van der Waals surface area (Å²) in [6.07, 6.45) is 1.43. The van der Waals surface area contributed by atoms with Crippen molar-refractivity contribution in [2.24, 2.45) is 4.99 Å². The normalized spacial score (nSPS) is 12.1. The highest BCUT2D eigenvalue weighted by atomic mass is 35.5. The topological polar surface area (TPSA) is 51.0 Å². The van der Waals surface area contributed by atoms with Crippen LogP contribution in [-0.4, -0.2) is 14.3 Å². The van der Waals surface area contributed by atoms with Crippen LogP contribution in [0.25, 0.3) is 0 Å². The Kier molecular flexibility index (Phi) is 3.53. The van der Waals surface area contributed by atoms with E-state index in [1.807, 2.05) is 0 Å². The van der Waals surface area contributed by atoms with Crippen molar-refractivity contribution in [2.75, 3.05) is 0 Å². The van der Waals surface area contributed by atoms with Gasteiger partial charge >= 0.3 is 0 Å². The zero-order valence-corrected chi connectivity index (χ0v) is 10.7. The Bertz CT molecular complexity index is 549. The minimum Gasteiger partial charge on any atom is -0.229 e. The van der Waals surface area contributed by atoms with E-state index in [-0.39, 0.29) is 10.4 Å². The van der Waals surface area contributed by atoms with Crippen molar-refractivity contribution in [3.63, 3.8) is 0 Å². The fourth-order valence-corrected chi connectivity index (χ4v) is 3.08. The number of nitrogens with zero attached hydrogens (tertiary/aromatic N) is 4. The highest BCUT2D eigenvalue weighted by molar-refractivity contribution is 7.66. The lowest BCUT2D eigenvalue weighted by molar-refractivity contribution is 1.15. The fraction of sp³-hybridized carbons (Fsp3) is 0. The molecule has 0 saturated heterocycles. The molecule has 0 fully saturated rings. The van der Waals surface area contributed by atoms with Gasteiger partial charge in [-0.3, -0.25) is 0 Å². The third-order valence-corrected chi connectivity index (χ3v) is 3.96. The monoisotopic (exact) mass is 298 g/mol. The number of hydrogen-bond donors (Lipinski definition) is 0. The van der Waals surface area contributed by atoms with Gasteiger partial charge in [-0.25, -0.2) is 15.0 Å². The van der Waals surface area contributed by atoms with Crippen LogP contribution in [0.15, 0.2) is 11.2 Å². The molecule has 0 aromatic carbocycles. The summed E-state index contributed by atoms with van der Waals surface area (Å²) in [5.74, 6) is 0. The highest BCUT2D eigenvalue weighted by Gasteiger charge is 2.04. The van der Waals surface area contributed by atoms with E-state index in [4.69, 9.17) is 34.8 Å². The van der Waals surface area contributed by atoms with Crippen molar-refractivity contribution in [3.8, 4) is 0 Å². The van der Waals surface area contributed by atoms with Gasteiger partial charge in [-0.05, 0) is 21.9 Å². The zero-order chi connectivity index (χ0) is 10.8. The van der Waals surface area contributed by atoms with Gasteiger partial charge in [0.05, 0.1) is 6.20 Å².